The van der Waals surface area contributed by atoms with E-state index in [1.807, 2.05) is 30.3 Å². The highest BCUT2D eigenvalue weighted by Crippen LogP contribution is 2.46. The summed E-state index contributed by atoms with van der Waals surface area (Å²) in [6.45, 7) is 0. The highest BCUT2D eigenvalue weighted by atomic mass is 16.3. The third-order valence-electron chi connectivity index (χ3n) is 13.9. The molecule has 314 valence electrons. The molecule has 0 aliphatic rings. The first-order chi connectivity index (χ1) is 33.7. The second-order valence-electron chi connectivity index (χ2n) is 17.5. The van der Waals surface area contributed by atoms with Crippen LogP contribution in [0.15, 0.2) is 217 Å². The predicted octanol–water partition coefficient (Wildman–Crippen LogP) is 16.0. The van der Waals surface area contributed by atoms with Crippen molar-refractivity contribution in [2.45, 2.75) is 0 Å². The van der Waals surface area contributed by atoms with Crippen molar-refractivity contribution in [1.82, 2.24) is 13.7 Å². The lowest BCUT2D eigenvalue weighted by Crippen LogP contribution is -2.08. The van der Waals surface area contributed by atoms with E-state index < -0.39 is 0 Å². The number of nitrogens with zero attached hydrogens (tertiary/aromatic N) is 5. The van der Waals surface area contributed by atoms with Crippen molar-refractivity contribution in [2.75, 3.05) is 0 Å². The zero-order valence-corrected chi connectivity index (χ0v) is 36.4. The molecule has 0 aliphatic heterocycles. The minimum Gasteiger partial charge on any atom is -0.455 e. The van der Waals surface area contributed by atoms with Gasteiger partial charge in [-0.3, -0.25) is 0 Å². The number of aromatic nitrogens is 3. The Kier molecular flexibility index (Phi) is 8.01. The van der Waals surface area contributed by atoms with E-state index in [1.165, 1.54) is 10.8 Å². The highest BCUT2D eigenvalue weighted by Gasteiger charge is 2.27. The number of benzene rings is 10. The Morgan fingerprint density at radius 1 is 0.324 bits per heavy atom. The zero-order valence-electron chi connectivity index (χ0n) is 36.4. The first kappa shape index (κ1) is 37.7. The Bertz CT molecular complexity index is 4360. The molecular weight excluding hydrogens is 831 g/mol. The Morgan fingerprint density at radius 3 is 1.38 bits per heavy atom. The maximum absolute atomic E-state index is 11.3. The van der Waals surface area contributed by atoms with Gasteiger partial charge in [-0.05, 0) is 107 Å². The third kappa shape index (κ3) is 5.31. The van der Waals surface area contributed by atoms with E-state index in [-0.39, 0.29) is 0 Å². The van der Waals surface area contributed by atoms with Crippen molar-refractivity contribution in [1.29, 1.82) is 10.5 Å². The number of rotatable bonds is 5. The molecule has 0 saturated carbocycles. The van der Waals surface area contributed by atoms with Crippen LogP contribution >= 0.6 is 0 Å². The van der Waals surface area contributed by atoms with E-state index in [2.05, 4.69) is 196 Å². The molecule has 0 saturated heterocycles. The van der Waals surface area contributed by atoms with Gasteiger partial charge in [0.15, 0.2) is 0 Å². The van der Waals surface area contributed by atoms with Crippen molar-refractivity contribution in [3.05, 3.63) is 223 Å². The smallest absolute Gasteiger partial charge is 0.145 e. The van der Waals surface area contributed by atoms with Crippen LogP contribution in [0.5, 0.6) is 0 Å². The summed E-state index contributed by atoms with van der Waals surface area (Å²) < 4.78 is 13.6. The summed E-state index contributed by atoms with van der Waals surface area (Å²) in [7, 11) is 0. The number of hydrogen-bond acceptors (Lipinski definition) is 3. The second-order valence-corrected chi connectivity index (χ2v) is 17.5. The Morgan fingerprint density at radius 2 is 0.794 bits per heavy atom. The van der Waals surface area contributed by atoms with Gasteiger partial charge in [-0.1, -0.05) is 127 Å². The SMILES string of the molecule is N#Cc1ccc(C#N)c(-n2c3ccc(-n4c5ccccc5c5ccccc54)cc3c3c4oc5ccccc5c4ccc32)c1-n1c2ccc(-c3ccccc3)cc2c2cc(-c3ccccc3)ccc21. The minimum atomic E-state index is 0.436. The van der Waals surface area contributed by atoms with Gasteiger partial charge in [0.05, 0.1) is 61.0 Å². The molecule has 10 aromatic carbocycles. The van der Waals surface area contributed by atoms with Gasteiger partial charge in [0.1, 0.15) is 23.3 Å². The predicted molar refractivity (Wildman–Crippen MR) is 277 cm³/mol. The molecule has 0 N–H and O–H groups in total. The fourth-order valence-corrected chi connectivity index (χ4v) is 11.0. The molecule has 0 amide bonds. The Hall–Kier alpha value is -9.62. The van der Waals surface area contributed by atoms with Gasteiger partial charge in [-0.2, -0.15) is 10.5 Å². The van der Waals surface area contributed by atoms with Crippen LogP contribution in [0.4, 0.5) is 0 Å². The lowest BCUT2D eigenvalue weighted by Gasteiger charge is -2.19. The van der Waals surface area contributed by atoms with Gasteiger partial charge in [-0.15, -0.1) is 0 Å². The van der Waals surface area contributed by atoms with Crippen LogP contribution in [-0.2, 0) is 0 Å². The lowest BCUT2D eigenvalue weighted by atomic mass is 10.0. The molecule has 0 spiro atoms. The van der Waals surface area contributed by atoms with Gasteiger partial charge in [-0.25, -0.2) is 0 Å². The average Bonchev–Trinajstić information content (AvgIpc) is 4.14. The normalized spacial score (nSPS) is 11.8. The second kappa shape index (κ2) is 14.4. The van der Waals surface area contributed by atoms with E-state index in [1.54, 1.807) is 12.1 Å². The molecule has 4 heterocycles. The van der Waals surface area contributed by atoms with E-state index >= 15 is 0 Å². The highest BCUT2D eigenvalue weighted by molar-refractivity contribution is 6.24. The molecular formula is C62H35N5O. The van der Waals surface area contributed by atoms with Crippen LogP contribution in [0.3, 0.4) is 0 Å². The molecule has 14 rings (SSSR count). The van der Waals surface area contributed by atoms with Crippen molar-refractivity contribution < 1.29 is 4.42 Å². The maximum Gasteiger partial charge on any atom is 0.145 e. The van der Waals surface area contributed by atoms with Gasteiger partial charge in [0.2, 0.25) is 0 Å². The first-order valence-corrected chi connectivity index (χ1v) is 22.7. The molecule has 14 aromatic rings. The molecule has 0 aliphatic carbocycles. The summed E-state index contributed by atoms with van der Waals surface area (Å²) in [6.07, 6.45) is 0. The average molecular weight is 866 g/mol. The van der Waals surface area contributed by atoms with Gasteiger partial charge in [0.25, 0.3) is 0 Å². The molecule has 0 bridgehead atoms. The molecule has 0 atom stereocenters. The number of para-hydroxylation sites is 3. The summed E-state index contributed by atoms with van der Waals surface area (Å²) in [5.41, 5.74) is 14.9. The largest absolute Gasteiger partial charge is 0.455 e. The monoisotopic (exact) mass is 865 g/mol. The first-order valence-electron chi connectivity index (χ1n) is 22.7. The van der Waals surface area contributed by atoms with Gasteiger partial charge >= 0.3 is 0 Å². The fourth-order valence-electron chi connectivity index (χ4n) is 11.0. The fraction of sp³-hybridized carbons (Fsp3) is 0. The number of hydrogen-bond donors (Lipinski definition) is 0. The zero-order chi connectivity index (χ0) is 45.0. The summed E-state index contributed by atoms with van der Waals surface area (Å²) in [5, 5.41) is 30.8. The van der Waals surface area contributed by atoms with E-state index in [9.17, 15) is 10.5 Å². The maximum atomic E-state index is 11.3. The van der Waals surface area contributed by atoms with Crippen LogP contribution < -0.4 is 0 Å². The van der Waals surface area contributed by atoms with Crippen molar-refractivity contribution in [3.8, 4) is 51.5 Å². The Labute approximate surface area is 389 Å². The lowest BCUT2D eigenvalue weighted by molar-refractivity contribution is 0.673. The minimum absolute atomic E-state index is 0.436. The summed E-state index contributed by atoms with van der Waals surface area (Å²) >= 11 is 0. The molecule has 4 aromatic heterocycles. The molecule has 6 heteroatoms. The van der Waals surface area contributed by atoms with E-state index in [0.29, 0.717) is 22.5 Å². The summed E-state index contributed by atoms with van der Waals surface area (Å²) in [5.74, 6) is 0. The van der Waals surface area contributed by atoms with Crippen molar-refractivity contribution >= 4 is 87.4 Å². The quantitative estimate of drug-likeness (QED) is 0.173. The molecule has 68 heavy (non-hydrogen) atoms. The third-order valence-corrected chi connectivity index (χ3v) is 13.9. The number of furan rings is 1. The topological polar surface area (TPSA) is 75.5 Å². The molecule has 0 fully saturated rings. The van der Waals surface area contributed by atoms with Crippen LogP contribution in [0.25, 0.3) is 127 Å². The summed E-state index contributed by atoms with van der Waals surface area (Å²) in [4.78, 5) is 0. The van der Waals surface area contributed by atoms with Crippen LogP contribution in [0.2, 0.25) is 0 Å². The summed E-state index contributed by atoms with van der Waals surface area (Å²) in [6, 6.07) is 78.8. The Balaban J connectivity index is 1.12. The van der Waals surface area contributed by atoms with Crippen LogP contribution in [-0.4, -0.2) is 13.7 Å². The standard InChI is InChI=1S/C62H35N5O/c63-36-42-23-24-43(37-64)61(60(42)66-54-29-25-40(38-13-3-1-4-14-38)33-49(54)50-34-41(26-30-55(50)66)39-15-5-2-6-16-39)67-56-31-27-44(65-52-20-10-7-17-45(52)46-18-8-11-21-53(46)65)35-51(56)59-57(67)32-28-48-47-19-9-12-22-58(47)68-62(48)59/h1-35H. The van der Waals surface area contributed by atoms with E-state index in [0.717, 1.165) is 105 Å². The van der Waals surface area contributed by atoms with E-state index in [4.69, 9.17) is 4.42 Å². The number of fused-ring (bicyclic) bond motifs is 13. The molecule has 6 nitrogen and oxygen atoms in total. The van der Waals surface area contributed by atoms with Crippen LogP contribution in [0.1, 0.15) is 11.1 Å². The van der Waals surface area contributed by atoms with Crippen LogP contribution in [0, 0.1) is 22.7 Å². The number of nitriles is 2. The molecule has 0 unspecified atom stereocenters. The van der Waals surface area contributed by atoms with Gasteiger partial charge in [0, 0.05) is 43.4 Å². The van der Waals surface area contributed by atoms with Gasteiger partial charge < -0.3 is 18.1 Å². The molecule has 0 radical (unpaired) electrons. The van der Waals surface area contributed by atoms with Crippen molar-refractivity contribution in [3.63, 3.8) is 0 Å². The van der Waals surface area contributed by atoms with Crippen molar-refractivity contribution in [2.24, 2.45) is 0 Å².